The van der Waals surface area contributed by atoms with Gasteiger partial charge in [0.2, 0.25) is 0 Å². The van der Waals surface area contributed by atoms with E-state index in [-0.39, 0.29) is 0 Å². The van der Waals surface area contributed by atoms with Crippen LogP contribution in [0, 0.1) is 0 Å². The molecule has 396 valence electrons. The van der Waals surface area contributed by atoms with Gasteiger partial charge >= 0.3 is 0 Å². The highest BCUT2D eigenvalue weighted by Gasteiger charge is 2.21. The minimum Gasteiger partial charge on any atom is -0.0622 e. The van der Waals surface area contributed by atoms with Crippen molar-refractivity contribution in [3.05, 3.63) is 431 Å². The first kappa shape index (κ1) is 52.5. The van der Waals surface area contributed by atoms with Crippen molar-refractivity contribution >= 4 is 33.4 Å². The van der Waals surface area contributed by atoms with Crippen molar-refractivity contribution in [2.75, 3.05) is 0 Å². The Hall–Kier alpha value is -10.9. The van der Waals surface area contributed by atoms with Gasteiger partial charge < -0.3 is 0 Å². The quantitative estimate of drug-likeness (QED) is 0.0898. The summed E-state index contributed by atoms with van der Waals surface area (Å²) in [6, 6.07) is 132. The number of rotatable bonds is 15. The van der Waals surface area contributed by atoms with Crippen molar-refractivity contribution in [1.82, 2.24) is 0 Å². The van der Waals surface area contributed by atoms with Crippen LogP contribution in [0.15, 0.2) is 364 Å². The van der Waals surface area contributed by atoms with E-state index in [1.54, 1.807) is 0 Å². The summed E-state index contributed by atoms with van der Waals surface area (Å²) in [4.78, 5) is 0. The van der Waals surface area contributed by atoms with Gasteiger partial charge in [0.25, 0.3) is 0 Å². The van der Waals surface area contributed by atoms with Gasteiger partial charge in [-0.2, -0.15) is 0 Å². The summed E-state index contributed by atoms with van der Waals surface area (Å²) in [5, 5.41) is 0. The third-order valence-corrected chi connectivity index (χ3v) is 15.7. The Balaban J connectivity index is 1.05. The fourth-order valence-electron chi connectivity index (χ4n) is 11.9. The Morgan fingerprint density at radius 3 is 0.417 bits per heavy atom. The molecule has 0 nitrogen and oxygen atoms in total. The monoisotopic (exact) mass is 1070 g/mol. The lowest BCUT2D eigenvalue weighted by Crippen LogP contribution is -1.98. The SMILES string of the molecule is c1ccc(C(=C(c2ccccc2)c2cccc(-c3cc(-c4cccc(C(=C(c5ccccc5)c5ccccc5)c5ccccc5)c4)cc(-c4cccc(C(=C(c5ccccc5)c5ccccc5)c5ccccc5)c4)c3)c2)c2ccccc2)cc1. The van der Waals surface area contributed by atoms with Crippen molar-refractivity contribution < 1.29 is 0 Å². The average Bonchev–Trinajstić information content (AvgIpc) is 3.58. The van der Waals surface area contributed by atoms with E-state index in [4.69, 9.17) is 0 Å². The molecular weight excluding hydrogens is 1010 g/mol. The van der Waals surface area contributed by atoms with E-state index >= 15 is 0 Å². The van der Waals surface area contributed by atoms with Gasteiger partial charge in [-0.3, -0.25) is 0 Å². The maximum Gasteiger partial charge on any atom is -0.00266 e. The maximum absolute atomic E-state index is 2.40. The van der Waals surface area contributed by atoms with Crippen LogP contribution in [0.5, 0.6) is 0 Å². The van der Waals surface area contributed by atoms with E-state index in [1.165, 1.54) is 33.4 Å². The second-order valence-corrected chi connectivity index (χ2v) is 21.1. The largest absolute Gasteiger partial charge is 0.0622 e. The summed E-state index contributed by atoms with van der Waals surface area (Å²) in [6.45, 7) is 0. The minimum absolute atomic E-state index is 1.12. The number of hydrogen-bond acceptors (Lipinski definition) is 0. The molecule has 0 bridgehead atoms. The standard InChI is InChI=1S/C84H60/c1-10-31-61(32-11-1)79(62-33-12-2-13-34-62)82(67-43-22-7-23-44-67)73-52-28-49-70(55-73)76-58-77(71-50-29-53-74(56-71)83(68-45-24-8-25-46-68)80(63-35-14-3-15-36-63)64-37-16-4-17-38-64)60-78(59-76)72-51-30-54-75(57-72)84(69-47-26-9-27-48-69)81(65-39-18-5-19-40-65)66-41-20-6-21-42-66/h1-60H. The molecule has 0 aromatic heterocycles. The maximum atomic E-state index is 2.40. The van der Waals surface area contributed by atoms with E-state index < -0.39 is 0 Å². The predicted octanol–water partition coefficient (Wildman–Crippen LogP) is 21.7. The third kappa shape index (κ3) is 11.4. The molecule has 0 saturated heterocycles. The van der Waals surface area contributed by atoms with Crippen molar-refractivity contribution in [3.63, 3.8) is 0 Å². The molecule has 0 fully saturated rings. The highest BCUT2D eigenvalue weighted by molar-refractivity contribution is 6.07. The van der Waals surface area contributed by atoms with Gasteiger partial charge in [0.15, 0.2) is 0 Å². The highest BCUT2D eigenvalue weighted by atomic mass is 14.2. The first-order chi connectivity index (χ1) is 41.7. The molecule has 0 aliphatic carbocycles. The second kappa shape index (κ2) is 24.8. The molecule has 13 aromatic rings. The third-order valence-electron chi connectivity index (χ3n) is 15.7. The zero-order valence-corrected chi connectivity index (χ0v) is 46.6. The molecule has 0 amide bonds. The topological polar surface area (TPSA) is 0 Å². The summed E-state index contributed by atoms with van der Waals surface area (Å²) in [6.07, 6.45) is 0. The molecule has 84 heavy (non-hydrogen) atoms. The van der Waals surface area contributed by atoms with Crippen molar-refractivity contribution in [2.45, 2.75) is 0 Å². The van der Waals surface area contributed by atoms with Crippen molar-refractivity contribution in [3.8, 4) is 33.4 Å². The van der Waals surface area contributed by atoms with Crippen LogP contribution in [-0.4, -0.2) is 0 Å². The fraction of sp³-hybridized carbons (Fsp3) is 0. The zero-order chi connectivity index (χ0) is 56.3. The van der Waals surface area contributed by atoms with Crippen LogP contribution in [0.2, 0.25) is 0 Å². The van der Waals surface area contributed by atoms with Gasteiger partial charge in [0.05, 0.1) is 0 Å². The lowest BCUT2D eigenvalue weighted by Gasteiger charge is -2.20. The number of benzene rings is 13. The molecule has 0 saturated carbocycles. The number of hydrogen-bond donors (Lipinski definition) is 0. The summed E-state index contributed by atoms with van der Waals surface area (Å²) in [7, 11) is 0. The lowest BCUT2D eigenvalue weighted by atomic mass is 9.83. The second-order valence-electron chi connectivity index (χ2n) is 21.1. The van der Waals surface area contributed by atoms with Gasteiger partial charge in [-0.15, -0.1) is 0 Å². The first-order valence-corrected chi connectivity index (χ1v) is 28.9. The molecule has 0 heteroatoms. The molecule has 0 atom stereocenters. The van der Waals surface area contributed by atoms with E-state index in [2.05, 4.69) is 364 Å². The highest BCUT2D eigenvalue weighted by Crippen LogP contribution is 2.43. The predicted molar refractivity (Wildman–Crippen MR) is 356 cm³/mol. The molecule has 0 unspecified atom stereocenters. The molecule has 13 aromatic carbocycles. The Morgan fingerprint density at radius 2 is 0.250 bits per heavy atom. The van der Waals surface area contributed by atoms with Crippen LogP contribution in [0.4, 0.5) is 0 Å². The van der Waals surface area contributed by atoms with Crippen LogP contribution < -0.4 is 0 Å². The lowest BCUT2D eigenvalue weighted by molar-refractivity contribution is 1.48. The van der Waals surface area contributed by atoms with E-state index in [9.17, 15) is 0 Å². The summed E-state index contributed by atoms with van der Waals surface area (Å²) >= 11 is 0. The molecule has 0 heterocycles. The van der Waals surface area contributed by atoms with Crippen LogP contribution in [0.25, 0.3) is 66.8 Å². The molecule has 0 radical (unpaired) electrons. The Labute approximate surface area is 494 Å². The Morgan fingerprint density at radius 1 is 0.107 bits per heavy atom. The van der Waals surface area contributed by atoms with Gasteiger partial charge in [-0.05, 0) is 170 Å². The van der Waals surface area contributed by atoms with Gasteiger partial charge in [-0.1, -0.05) is 328 Å². The minimum atomic E-state index is 1.12. The summed E-state index contributed by atoms with van der Waals surface area (Å²) in [5.74, 6) is 0. The molecule has 0 N–H and O–H groups in total. The smallest absolute Gasteiger partial charge is 0.00266 e. The van der Waals surface area contributed by atoms with Crippen LogP contribution >= 0.6 is 0 Å². The van der Waals surface area contributed by atoms with E-state index in [1.807, 2.05) is 0 Å². The zero-order valence-electron chi connectivity index (χ0n) is 46.6. The van der Waals surface area contributed by atoms with Gasteiger partial charge in [0, 0.05) is 0 Å². The van der Waals surface area contributed by atoms with Crippen molar-refractivity contribution in [1.29, 1.82) is 0 Å². The van der Waals surface area contributed by atoms with Crippen molar-refractivity contribution in [2.24, 2.45) is 0 Å². The first-order valence-electron chi connectivity index (χ1n) is 28.9. The summed E-state index contributed by atoms with van der Waals surface area (Å²) < 4.78 is 0. The average molecular weight is 1070 g/mol. The normalized spacial score (nSPS) is 10.9. The van der Waals surface area contributed by atoms with Crippen LogP contribution in [0.1, 0.15) is 66.8 Å². The summed E-state index contributed by atoms with van der Waals surface area (Å²) in [5.41, 5.74) is 27.6. The fourth-order valence-corrected chi connectivity index (χ4v) is 11.9. The molecule has 13 rings (SSSR count). The Kier molecular flexibility index (Phi) is 15.5. The molecule has 0 aliphatic rings. The van der Waals surface area contributed by atoms with Gasteiger partial charge in [-0.25, -0.2) is 0 Å². The van der Waals surface area contributed by atoms with Gasteiger partial charge in [0.1, 0.15) is 0 Å². The Bertz CT molecular complexity index is 3830. The van der Waals surface area contributed by atoms with E-state index in [0.29, 0.717) is 0 Å². The molecule has 0 spiro atoms. The molecular formula is C84H60. The molecule has 0 aliphatic heterocycles. The van der Waals surface area contributed by atoms with Crippen LogP contribution in [0.3, 0.4) is 0 Å². The van der Waals surface area contributed by atoms with E-state index in [0.717, 1.165) is 100 Å². The van der Waals surface area contributed by atoms with Crippen LogP contribution in [-0.2, 0) is 0 Å².